The fourth-order valence-corrected chi connectivity index (χ4v) is 4.55. The van der Waals surface area contributed by atoms with Gasteiger partial charge in [-0.05, 0) is 48.0 Å². The van der Waals surface area contributed by atoms with Crippen molar-refractivity contribution in [2.45, 2.75) is 13.3 Å². The number of aromatic nitrogens is 1. The van der Waals surface area contributed by atoms with Gasteiger partial charge in [0, 0.05) is 15.8 Å². The molecule has 0 saturated heterocycles. The topological polar surface area (TPSA) is 82.2 Å². The van der Waals surface area contributed by atoms with Gasteiger partial charge in [0.15, 0.2) is 11.5 Å². The van der Waals surface area contributed by atoms with Gasteiger partial charge in [0.25, 0.3) is 0 Å². The number of nitrogens with one attached hydrogen (secondary N) is 1. The van der Waals surface area contributed by atoms with Gasteiger partial charge in [-0.25, -0.2) is 0 Å². The van der Waals surface area contributed by atoms with Crippen LogP contribution in [0.3, 0.4) is 0 Å². The van der Waals surface area contributed by atoms with E-state index in [0.717, 1.165) is 43.6 Å². The molecule has 0 atom stereocenters. The summed E-state index contributed by atoms with van der Waals surface area (Å²) in [5.74, 6) is 0.814. The molecule has 0 aliphatic rings. The van der Waals surface area contributed by atoms with Crippen LogP contribution in [-0.2, 0) is 6.42 Å². The van der Waals surface area contributed by atoms with E-state index in [0.29, 0.717) is 0 Å². The highest BCUT2D eigenvalue weighted by atomic mass is 32.1. The summed E-state index contributed by atoms with van der Waals surface area (Å²) in [6.45, 7) is 2.14. The number of nitroso groups, excluding NO2 is 1. The van der Waals surface area contributed by atoms with Crippen LogP contribution < -0.4 is 0 Å². The minimum absolute atomic E-state index is 0.132. The molecule has 0 fully saturated rings. The molecule has 0 amide bonds. The molecule has 0 radical (unpaired) electrons. The zero-order valence-corrected chi connectivity index (χ0v) is 15.4. The Morgan fingerprint density at radius 3 is 2.85 bits per heavy atom. The number of furan rings is 1. The quantitative estimate of drug-likeness (QED) is 0.321. The minimum atomic E-state index is -0.132. The van der Waals surface area contributed by atoms with Crippen LogP contribution in [0.2, 0.25) is 0 Å². The Balaban J connectivity index is 1.62. The van der Waals surface area contributed by atoms with Crippen LogP contribution in [0.4, 0.5) is 0 Å². The number of allylic oxidation sites excluding steroid dienone is 1. The van der Waals surface area contributed by atoms with Crippen LogP contribution >= 0.6 is 22.7 Å². The predicted octanol–water partition coefficient (Wildman–Crippen LogP) is 6.41. The maximum Gasteiger partial charge on any atom is 0.186 e. The van der Waals surface area contributed by atoms with Crippen molar-refractivity contribution >= 4 is 39.0 Å². The summed E-state index contributed by atoms with van der Waals surface area (Å²) in [4.78, 5) is 17.0. The van der Waals surface area contributed by atoms with E-state index in [4.69, 9.17) is 9.68 Å². The van der Waals surface area contributed by atoms with Crippen molar-refractivity contribution in [2.24, 2.45) is 5.18 Å². The van der Waals surface area contributed by atoms with Gasteiger partial charge >= 0.3 is 0 Å². The number of thiophene rings is 2. The lowest BCUT2D eigenvalue weighted by molar-refractivity contribution is 0.629. The van der Waals surface area contributed by atoms with Gasteiger partial charge < -0.3 is 9.40 Å². The normalized spacial score (nSPS) is 11.8. The monoisotopic (exact) mass is 379 g/mol. The van der Waals surface area contributed by atoms with Crippen molar-refractivity contribution in [3.63, 3.8) is 0 Å². The first-order chi connectivity index (χ1) is 12.7. The van der Waals surface area contributed by atoms with E-state index in [1.807, 2.05) is 24.3 Å². The van der Waals surface area contributed by atoms with Crippen LogP contribution in [0, 0.1) is 16.2 Å². The molecular weight excluding hydrogens is 366 g/mol. The Morgan fingerprint density at radius 2 is 2.12 bits per heavy atom. The Bertz CT molecular complexity index is 1140. The number of nitriles is 1. The SMILES string of the molecule is CCc1cc2oc(-c3ccc(-c4ccc(/C=C(/C#N)N=O)s4)[nH]3)cc2s1. The molecule has 7 heteroatoms. The van der Waals surface area contributed by atoms with Gasteiger partial charge in [0.2, 0.25) is 0 Å². The molecule has 0 spiro atoms. The second-order valence-electron chi connectivity index (χ2n) is 5.63. The molecule has 0 saturated carbocycles. The molecular formula is C19H13N3O2S2. The molecule has 0 aliphatic heterocycles. The number of aromatic amines is 1. The van der Waals surface area contributed by atoms with Crippen LogP contribution in [-0.4, -0.2) is 4.98 Å². The van der Waals surface area contributed by atoms with E-state index < -0.39 is 0 Å². The molecule has 4 aromatic heterocycles. The number of rotatable bonds is 5. The highest BCUT2D eigenvalue weighted by molar-refractivity contribution is 7.19. The van der Waals surface area contributed by atoms with E-state index in [1.165, 1.54) is 22.3 Å². The summed E-state index contributed by atoms with van der Waals surface area (Å²) in [5, 5.41) is 11.5. The third kappa shape index (κ3) is 3.01. The van der Waals surface area contributed by atoms with Crippen molar-refractivity contribution in [3.05, 3.63) is 56.8 Å². The molecule has 5 nitrogen and oxygen atoms in total. The lowest BCUT2D eigenvalue weighted by Crippen LogP contribution is -1.74. The summed E-state index contributed by atoms with van der Waals surface area (Å²) < 4.78 is 7.12. The van der Waals surface area contributed by atoms with E-state index >= 15 is 0 Å². The molecule has 0 unspecified atom stereocenters. The highest BCUT2D eigenvalue weighted by Crippen LogP contribution is 2.35. The van der Waals surface area contributed by atoms with Crippen LogP contribution in [0.1, 0.15) is 16.7 Å². The van der Waals surface area contributed by atoms with E-state index in [1.54, 1.807) is 17.4 Å². The minimum Gasteiger partial charge on any atom is -0.454 e. The Labute approximate surface area is 157 Å². The molecule has 0 bridgehead atoms. The second kappa shape index (κ2) is 6.75. The van der Waals surface area contributed by atoms with Crippen molar-refractivity contribution in [2.75, 3.05) is 0 Å². The summed E-state index contributed by atoms with van der Waals surface area (Å²) in [6.07, 6.45) is 2.50. The third-order valence-corrected chi connectivity index (χ3v) is 6.22. The predicted molar refractivity (Wildman–Crippen MR) is 106 cm³/mol. The number of H-pyrrole nitrogens is 1. The van der Waals surface area contributed by atoms with Gasteiger partial charge in [0.1, 0.15) is 11.7 Å². The van der Waals surface area contributed by atoms with Gasteiger partial charge in [-0.3, -0.25) is 0 Å². The lowest BCUT2D eigenvalue weighted by Gasteiger charge is -1.93. The standard InChI is InChI=1S/C19H13N3O2S2/c1-2-12-8-17-19(25-12)9-16(24-17)14-4-5-15(21-14)18-6-3-13(26-18)7-11(10-20)22-23/h3-9,21H,2H2,1H3/b11-7-. The van der Waals surface area contributed by atoms with Crippen molar-refractivity contribution in [3.8, 4) is 28.1 Å². The number of hydrogen-bond donors (Lipinski definition) is 1. The highest BCUT2D eigenvalue weighted by Gasteiger charge is 2.12. The van der Waals surface area contributed by atoms with Crippen molar-refractivity contribution in [1.82, 2.24) is 4.98 Å². The molecule has 0 aromatic carbocycles. The first-order valence-electron chi connectivity index (χ1n) is 7.97. The van der Waals surface area contributed by atoms with E-state index in [9.17, 15) is 4.91 Å². The second-order valence-corrected chi connectivity index (χ2v) is 7.91. The molecule has 1 N–H and O–H groups in total. The largest absolute Gasteiger partial charge is 0.454 e. The maximum atomic E-state index is 10.5. The molecule has 4 heterocycles. The van der Waals surface area contributed by atoms with Crippen molar-refractivity contribution in [1.29, 1.82) is 5.26 Å². The fraction of sp³-hybridized carbons (Fsp3) is 0.105. The van der Waals surface area contributed by atoms with Crippen LogP contribution in [0.15, 0.2) is 51.7 Å². The van der Waals surface area contributed by atoms with Crippen LogP contribution in [0.25, 0.3) is 38.4 Å². The summed E-state index contributed by atoms with van der Waals surface area (Å²) in [7, 11) is 0. The Hall–Kier alpha value is -2.95. The maximum absolute atomic E-state index is 10.5. The van der Waals surface area contributed by atoms with Gasteiger partial charge in [-0.15, -0.1) is 27.6 Å². The zero-order valence-electron chi connectivity index (χ0n) is 13.8. The zero-order chi connectivity index (χ0) is 18.1. The molecule has 128 valence electrons. The Morgan fingerprint density at radius 1 is 1.27 bits per heavy atom. The molecule has 4 aromatic rings. The molecule has 26 heavy (non-hydrogen) atoms. The summed E-state index contributed by atoms with van der Waals surface area (Å²) in [6, 6.07) is 13.7. The van der Waals surface area contributed by atoms with E-state index in [-0.39, 0.29) is 5.70 Å². The van der Waals surface area contributed by atoms with Gasteiger partial charge in [-0.1, -0.05) is 6.92 Å². The van der Waals surface area contributed by atoms with Crippen molar-refractivity contribution < 1.29 is 4.42 Å². The lowest BCUT2D eigenvalue weighted by atomic mass is 10.3. The van der Waals surface area contributed by atoms with Gasteiger partial charge in [0.05, 0.1) is 21.0 Å². The first kappa shape index (κ1) is 16.5. The fourth-order valence-electron chi connectivity index (χ4n) is 2.66. The van der Waals surface area contributed by atoms with Crippen LogP contribution in [0.5, 0.6) is 0 Å². The average Bonchev–Trinajstić information content (AvgIpc) is 3.41. The number of nitrogens with zero attached hydrogens (tertiary/aromatic N) is 2. The summed E-state index contributed by atoms with van der Waals surface area (Å²) in [5.41, 5.74) is 2.66. The summed E-state index contributed by atoms with van der Waals surface area (Å²) >= 11 is 3.24. The molecule has 4 rings (SSSR count). The number of hydrogen-bond acceptors (Lipinski definition) is 6. The number of aryl methyl sites for hydroxylation is 1. The van der Waals surface area contributed by atoms with E-state index in [2.05, 4.69) is 29.2 Å². The smallest absolute Gasteiger partial charge is 0.186 e. The number of fused-ring (bicyclic) bond motifs is 1. The third-order valence-electron chi connectivity index (χ3n) is 3.94. The Kier molecular flexibility index (Phi) is 4.29. The van der Waals surface area contributed by atoms with Gasteiger partial charge in [-0.2, -0.15) is 5.26 Å². The first-order valence-corrected chi connectivity index (χ1v) is 9.60. The molecule has 0 aliphatic carbocycles. The average molecular weight is 379 g/mol.